The third-order valence-electron chi connectivity index (χ3n) is 2.15. The highest BCUT2D eigenvalue weighted by Gasteiger charge is 2.15. The van der Waals surface area contributed by atoms with Crippen LogP contribution in [0.1, 0.15) is 19.4 Å². The van der Waals surface area contributed by atoms with Crippen molar-refractivity contribution in [3.63, 3.8) is 0 Å². The van der Waals surface area contributed by atoms with Crippen molar-refractivity contribution in [3.05, 3.63) is 32.3 Å². The second-order valence-corrected chi connectivity index (χ2v) is 6.44. The lowest BCUT2D eigenvalue weighted by molar-refractivity contribution is 1.34. The lowest BCUT2D eigenvalue weighted by Gasteiger charge is -2.04. The van der Waals surface area contributed by atoms with Gasteiger partial charge in [-0.15, -0.1) is 0 Å². The first-order chi connectivity index (χ1) is 8.06. The quantitative estimate of drug-likeness (QED) is 0.327. The van der Waals surface area contributed by atoms with E-state index in [0.29, 0.717) is 10.0 Å². The summed E-state index contributed by atoms with van der Waals surface area (Å²) >= 11 is 18.0. The number of rotatable bonds is 1. The fourth-order valence-corrected chi connectivity index (χ4v) is 4.26. The molecule has 2 rings (SSSR count). The molecule has 0 N–H and O–H groups in total. The van der Waals surface area contributed by atoms with E-state index in [1.807, 2.05) is 23.9 Å². The van der Waals surface area contributed by atoms with Crippen LogP contribution in [0.15, 0.2) is 16.7 Å². The van der Waals surface area contributed by atoms with Crippen LogP contribution in [0.4, 0.5) is 0 Å². The zero-order valence-corrected chi connectivity index (χ0v) is 15.6. The number of nitrogens with zero attached hydrogens (tertiary/aromatic N) is 1. The number of halogens is 4. The predicted molar refractivity (Wildman–Crippen MR) is 92.8 cm³/mol. The molecular formula is C11H11BrCl2INS. The van der Waals surface area contributed by atoms with Crippen LogP contribution in [0.3, 0.4) is 0 Å². The Labute approximate surface area is 136 Å². The molecule has 0 atom stereocenters. The summed E-state index contributed by atoms with van der Waals surface area (Å²) in [4.78, 5) is 0. The van der Waals surface area contributed by atoms with E-state index in [9.17, 15) is 0 Å². The van der Waals surface area contributed by atoms with E-state index in [0.717, 1.165) is 15.4 Å². The Bertz CT molecular complexity index is 542. The van der Waals surface area contributed by atoms with Crippen molar-refractivity contribution in [2.45, 2.75) is 20.8 Å². The van der Waals surface area contributed by atoms with Crippen molar-refractivity contribution in [1.29, 1.82) is 0 Å². The van der Waals surface area contributed by atoms with Gasteiger partial charge in [0, 0.05) is 46.4 Å². The summed E-state index contributed by atoms with van der Waals surface area (Å²) in [6.45, 7) is 6.06. The molecule has 2 aromatic rings. The standard InChI is InChI=1S/C9H5BrCl2INS.C2H6/c1-4-3-14(15-13)9-7(4)5(10)2-6(11)8(9)12;1-2/h2-3H,1H3;1-2H3. The van der Waals surface area contributed by atoms with Gasteiger partial charge in [0.15, 0.2) is 0 Å². The van der Waals surface area contributed by atoms with Gasteiger partial charge in [-0.1, -0.05) is 53.0 Å². The monoisotopic (exact) mass is 465 g/mol. The minimum atomic E-state index is 0.570. The van der Waals surface area contributed by atoms with E-state index in [4.69, 9.17) is 23.2 Å². The van der Waals surface area contributed by atoms with E-state index in [1.54, 1.807) is 9.12 Å². The normalized spacial score (nSPS) is 10.3. The molecule has 0 bridgehead atoms. The van der Waals surface area contributed by atoms with Crippen LogP contribution < -0.4 is 0 Å². The van der Waals surface area contributed by atoms with Crippen LogP contribution in [0.25, 0.3) is 10.9 Å². The number of aryl methyl sites for hydroxylation is 1. The smallest absolute Gasteiger partial charge is 0.0845 e. The summed E-state index contributed by atoms with van der Waals surface area (Å²) in [6.07, 6.45) is 2.05. The van der Waals surface area contributed by atoms with Crippen molar-refractivity contribution >= 4 is 80.4 Å². The Morgan fingerprint density at radius 3 is 2.47 bits per heavy atom. The van der Waals surface area contributed by atoms with Gasteiger partial charge in [-0.2, -0.15) is 0 Å². The summed E-state index contributed by atoms with van der Waals surface area (Å²) in [5.41, 5.74) is 2.15. The van der Waals surface area contributed by atoms with Gasteiger partial charge in [-0.05, 0) is 18.6 Å². The Morgan fingerprint density at radius 1 is 1.35 bits per heavy atom. The molecule has 0 fully saturated rings. The van der Waals surface area contributed by atoms with Crippen LogP contribution in [-0.2, 0) is 0 Å². The summed E-state index contributed by atoms with van der Waals surface area (Å²) in [6, 6.07) is 1.83. The molecule has 0 radical (unpaired) electrons. The van der Waals surface area contributed by atoms with Crippen molar-refractivity contribution in [2.24, 2.45) is 0 Å². The van der Waals surface area contributed by atoms with Crippen molar-refractivity contribution in [3.8, 4) is 0 Å². The summed E-state index contributed by atoms with van der Waals surface area (Å²) in [7, 11) is 1.57. The molecule has 1 aromatic heterocycles. The van der Waals surface area contributed by atoms with Crippen LogP contribution in [0, 0.1) is 6.92 Å². The number of aromatic nitrogens is 1. The highest BCUT2D eigenvalue weighted by Crippen LogP contribution is 2.40. The molecule has 1 heterocycles. The van der Waals surface area contributed by atoms with Crippen molar-refractivity contribution in [1.82, 2.24) is 3.97 Å². The SMILES string of the molecule is CC.Cc1cn(SI)c2c(Cl)c(Cl)cc(Br)c12. The third-order valence-corrected chi connectivity index (χ3v) is 5.26. The highest BCUT2D eigenvalue weighted by molar-refractivity contribution is 14.2. The molecule has 0 amide bonds. The average Bonchev–Trinajstić information content (AvgIpc) is 2.66. The molecule has 0 aliphatic heterocycles. The van der Waals surface area contributed by atoms with Crippen LogP contribution in [0.2, 0.25) is 10.0 Å². The summed E-state index contributed by atoms with van der Waals surface area (Å²) in [5.74, 6) is 0. The predicted octanol–water partition coefficient (Wildman–Crippen LogP) is 6.89. The molecule has 0 saturated carbocycles. The second kappa shape index (κ2) is 6.89. The maximum Gasteiger partial charge on any atom is 0.0845 e. The van der Waals surface area contributed by atoms with Gasteiger partial charge < -0.3 is 0 Å². The van der Waals surface area contributed by atoms with Crippen molar-refractivity contribution < 1.29 is 0 Å². The van der Waals surface area contributed by atoms with Crippen LogP contribution >= 0.6 is 69.5 Å². The second-order valence-electron chi connectivity index (χ2n) is 3.08. The van der Waals surface area contributed by atoms with Crippen molar-refractivity contribution in [2.75, 3.05) is 0 Å². The molecule has 0 saturated heterocycles. The fraction of sp³-hybridized carbons (Fsp3) is 0.273. The lowest BCUT2D eigenvalue weighted by Crippen LogP contribution is -1.82. The van der Waals surface area contributed by atoms with E-state index < -0.39 is 0 Å². The number of benzene rings is 1. The lowest BCUT2D eigenvalue weighted by atomic mass is 10.2. The van der Waals surface area contributed by atoms with Crippen LogP contribution in [-0.4, -0.2) is 3.97 Å². The Kier molecular flexibility index (Phi) is 6.47. The van der Waals surface area contributed by atoms with Crippen LogP contribution in [0.5, 0.6) is 0 Å². The highest BCUT2D eigenvalue weighted by atomic mass is 127. The van der Waals surface area contributed by atoms with E-state index in [-0.39, 0.29) is 0 Å². The minimum absolute atomic E-state index is 0.570. The number of hydrogen-bond donors (Lipinski definition) is 0. The topological polar surface area (TPSA) is 4.93 Å². The zero-order valence-electron chi connectivity index (χ0n) is 9.52. The van der Waals surface area contributed by atoms with Gasteiger partial charge in [0.2, 0.25) is 0 Å². The van der Waals surface area contributed by atoms with E-state index in [2.05, 4.69) is 50.3 Å². The zero-order chi connectivity index (χ0) is 13.2. The summed E-state index contributed by atoms with van der Waals surface area (Å²) < 4.78 is 3.00. The fourth-order valence-electron chi connectivity index (χ4n) is 1.52. The maximum atomic E-state index is 6.20. The minimum Gasteiger partial charge on any atom is -0.281 e. The molecular weight excluding hydrogens is 456 g/mol. The van der Waals surface area contributed by atoms with Gasteiger partial charge in [0.25, 0.3) is 0 Å². The van der Waals surface area contributed by atoms with Gasteiger partial charge >= 0.3 is 0 Å². The molecule has 6 heteroatoms. The number of fused-ring (bicyclic) bond motifs is 1. The van der Waals surface area contributed by atoms with Gasteiger partial charge in [-0.3, -0.25) is 3.97 Å². The molecule has 94 valence electrons. The third kappa shape index (κ3) is 3.08. The van der Waals surface area contributed by atoms with E-state index >= 15 is 0 Å². The molecule has 17 heavy (non-hydrogen) atoms. The first-order valence-electron chi connectivity index (χ1n) is 5.00. The van der Waals surface area contributed by atoms with E-state index in [1.165, 1.54) is 5.56 Å². The Hall–Kier alpha value is 0.900. The first-order valence-corrected chi connectivity index (χ1v) is 9.87. The Balaban J connectivity index is 0.000000686. The molecule has 0 unspecified atom stereocenters. The maximum absolute atomic E-state index is 6.20. The molecule has 0 aliphatic rings. The summed E-state index contributed by atoms with van der Waals surface area (Å²) in [5, 5.41) is 2.29. The Morgan fingerprint density at radius 2 is 1.94 bits per heavy atom. The average molecular weight is 467 g/mol. The van der Waals surface area contributed by atoms with Gasteiger partial charge in [-0.25, -0.2) is 0 Å². The molecule has 0 spiro atoms. The molecule has 1 aromatic carbocycles. The number of hydrogen-bond acceptors (Lipinski definition) is 1. The molecule has 0 aliphatic carbocycles. The van der Waals surface area contributed by atoms with Gasteiger partial charge in [0.05, 0.1) is 15.6 Å². The molecule has 1 nitrogen and oxygen atoms in total. The largest absolute Gasteiger partial charge is 0.281 e. The first kappa shape index (κ1) is 16.0. The van der Waals surface area contributed by atoms with Gasteiger partial charge in [0.1, 0.15) is 0 Å².